The van der Waals surface area contributed by atoms with Gasteiger partial charge >= 0.3 is 0 Å². The van der Waals surface area contributed by atoms with E-state index in [2.05, 4.69) is 46.1 Å². The quantitative estimate of drug-likeness (QED) is 0.860. The van der Waals surface area contributed by atoms with E-state index in [0.29, 0.717) is 18.6 Å². The summed E-state index contributed by atoms with van der Waals surface area (Å²) >= 11 is 0. The Bertz CT molecular complexity index is 825. The van der Waals surface area contributed by atoms with Crippen LogP contribution in [0.1, 0.15) is 23.6 Å². The summed E-state index contributed by atoms with van der Waals surface area (Å²) in [6.07, 6.45) is 1.76. The van der Waals surface area contributed by atoms with E-state index in [4.69, 9.17) is 4.74 Å². The van der Waals surface area contributed by atoms with Crippen LogP contribution in [0.4, 0.5) is 0 Å². The maximum Gasteiger partial charge on any atom is 0.229 e. The molecule has 2 aromatic carbocycles. The molecule has 2 fully saturated rings. The van der Waals surface area contributed by atoms with Crippen LogP contribution in [0.25, 0.3) is 0 Å². The van der Waals surface area contributed by atoms with Crippen molar-refractivity contribution >= 4 is 5.91 Å². The van der Waals surface area contributed by atoms with Crippen molar-refractivity contribution in [3.8, 4) is 5.75 Å². The van der Waals surface area contributed by atoms with Gasteiger partial charge in [-0.25, -0.2) is 5.43 Å². The van der Waals surface area contributed by atoms with Gasteiger partial charge in [0.25, 0.3) is 0 Å². The maximum absolute atomic E-state index is 13.2. The summed E-state index contributed by atoms with van der Waals surface area (Å²) < 4.78 is 5.85. The predicted molar refractivity (Wildman–Crippen MR) is 103 cm³/mol. The Kier molecular flexibility index (Phi) is 4.34. The molecular weight excluding hydrogens is 338 g/mol. The number of piperidine rings is 1. The number of likely N-dealkylation sites (tertiary alicyclic amines) is 1. The van der Waals surface area contributed by atoms with E-state index in [1.54, 1.807) is 0 Å². The first-order valence-electron chi connectivity index (χ1n) is 9.85. The molecule has 0 aromatic heterocycles. The molecular formula is C22H25N3O2. The minimum atomic E-state index is -0.0750. The van der Waals surface area contributed by atoms with Crippen LogP contribution in [0.15, 0.2) is 54.6 Å². The molecule has 4 unspecified atom stereocenters. The van der Waals surface area contributed by atoms with Crippen molar-refractivity contribution in [3.63, 3.8) is 0 Å². The Labute approximate surface area is 159 Å². The van der Waals surface area contributed by atoms with Gasteiger partial charge in [0, 0.05) is 25.0 Å². The standard InChI is InChI=1S/C22H25N3O2/c26-22(17-12-16-8-4-5-9-20(16)27-14-17)25-11-10-19-18(13-25)21(24-23-19)15-6-2-1-3-7-15/h1-9,17-19,21,23-24H,10-14H2. The van der Waals surface area contributed by atoms with Gasteiger partial charge in [-0.05, 0) is 30.0 Å². The fraction of sp³-hybridized carbons (Fsp3) is 0.409. The monoisotopic (exact) mass is 363 g/mol. The van der Waals surface area contributed by atoms with Crippen LogP contribution in [-0.2, 0) is 11.2 Å². The molecule has 2 aromatic rings. The zero-order valence-corrected chi connectivity index (χ0v) is 15.3. The van der Waals surface area contributed by atoms with E-state index in [1.807, 2.05) is 24.3 Å². The summed E-state index contributed by atoms with van der Waals surface area (Å²) in [5.74, 6) is 1.48. The molecule has 140 valence electrons. The highest BCUT2D eigenvalue weighted by Gasteiger charge is 2.42. The van der Waals surface area contributed by atoms with Crippen molar-refractivity contribution in [1.29, 1.82) is 0 Å². The third-order valence-corrected chi connectivity index (χ3v) is 6.21. The van der Waals surface area contributed by atoms with Crippen LogP contribution in [-0.4, -0.2) is 36.5 Å². The Morgan fingerprint density at radius 2 is 1.85 bits per heavy atom. The van der Waals surface area contributed by atoms with E-state index < -0.39 is 0 Å². The number of ether oxygens (including phenoxy) is 1. The molecule has 0 spiro atoms. The highest BCUT2D eigenvalue weighted by atomic mass is 16.5. The summed E-state index contributed by atoms with van der Waals surface area (Å²) in [7, 11) is 0. The molecule has 5 rings (SSSR count). The largest absolute Gasteiger partial charge is 0.492 e. The molecule has 3 heterocycles. The lowest BCUT2D eigenvalue weighted by atomic mass is 9.84. The second-order valence-electron chi connectivity index (χ2n) is 7.84. The molecule has 1 amide bonds. The summed E-state index contributed by atoms with van der Waals surface area (Å²) in [5, 5.41) is 0. The normalized spacial score (nSPS) is 29.6. The predicted octanol–water partition coefficient (Wildman–Crippen LogP) is 2.30. The molecule has 3 aliphatic rings. The molecule has 0 saturated carbocycles. The first-order valence-corrected chi connectivity index (χ1v) is 9.85. The fourth-order valence-electron chi connectivity index (χ4n) is 4.74. The molecule has 27 heavy (non-hydrogen) atoms. The lowest BCUT2D eigenvalue weighted by molar-refractivity contribution is -0.139. The molecule has 0 aliphatic carbocycles. The van der Waals surface area contributed by atoms with Gasteiger partial charge in [-0.3, -0.25) is 10.2 Å². The van der Waals surface area contributed by atoms with Gasteiger partial charge in [-0.15, -0.1) is 0 Å². The first kappa shape index (κ1) is 16.8. The zero-order valence-electron chi connectivity index (χ0n) is 15.3. The molecule has 0 bridgehead atoms. The Morgan fingerprint density at radius 1 is 1.04 bits per heavy atom. The first-order chi connectivity index (χ1) is 13.3. The summed E-state index contributed by atoms with van der Waals surface area (Å²) in [4.78, 5) is 15.3. The van der Waals surface area contributed by atoms with Crippen molar-refractivity contribution in [1.82, 2.24) is 15.8 Å². The summed E-state index contributed by atoms with van der Waals surface area (Å²) in [6.45, 7) is 2.09. The SMILES string of the molecule is O=C(C1COc2ccccc2C1)N1CCC2NNC(c3ccccc3)C2C1. The van der Waals surface area contributed by atoms with Crippen LogP contribution >= 0.6 is 0 Å². The topological polar surface area (TPSA) is 53.6 Å². The van der Waals surface area contributed by atoms with Gasteiger partial charge < -0.3 is 9.64 Å². The third-order valence-electron chi connectivity index (χ3n) is 6.21. The Balaban J connectivity index is 1.30. The van der Waals surface area contributed by atoms with Crippen molar-refractivity contribution in [2.45, 2.75) is 24.9 Å². The lowest BCUT2D eigenvalue weighted by Gasteiger charge is -2.38. The van der Waals surface area contributed by atoms with Crippen molar-refractivity contribution in [3.05, 3.63) is 65.7 Å². The molecule has 0 radical (unpaired) electrons. The Morgan fingerprint density at radius 3 is 2.74 bits per heavy atom. The van der Waals surface area contributed by atoms with Crippen LogP contribution in [0, 0.1) is 11.8 Å². The molecule has 5 heteroatoms. The van der Waals surface area contributed by atoms with Gasteiger partial charge in [0.1, 0.15) is 12.4 Å². The number of para-hydroxylation sites is 1. The molecule has 5 nitrogen and oxygen atoms in total. The van der Waals surface area contributed by atoms with Crippen LogP contribution < -0.4 is 15.6 Å². The maximum atomic E-state index is 13.2. The number of amides is 1. The van der Waals surface area contributed by atoms with Crippen LogP contribution in [0.2, 0.25) is 0 Å². The number of rotatable bonds is 2. The van der Waals surface area contributed by atoms with Crippen molar-refractivity contribution in [2.75, 3.05) is 19.7 Å². The average Bonchev–Trinajstić information content (AvgIpc) is 3.17. The van der Waals surface area contributed by atoms with E-state index in [0.717, 1.165) is 37.2 Å². The number of nitrogens with zero attached hydrogens (tertiary/aromatic N) is 1. The smallest absolute Gasteiger partial charge is 0.229 e. The second kappa shape index (κ2) is 6.98. The van der Waals surface area contributed by atoms with Gasteiger partial charge in [0.2, 0.25) is 5.91 Å². The van der Waals surface area contributed by atoms with E-state index in [9.17, 15) is 4.79 Å². The third kappa shape index (κ3) is 3.11. The number of hydrogen-bond donors (Lipinski definition) is 2. The minimum absolute atomic E-state index is 0.0750. The average molecular weight is 363 g/mol. The number of hydrazine groups is 1. The molecule has 2 saturated heterocycles. The Hall–Kier alpha value is -2.37. The second-order valence-corrected chi connectivity index (χ2v) is 7.84. The number of carbonyl (C=O) groups excluding carboxylic acids is 1. The number of fused-ring (bicyclic) bond motifs is 2. The van der Waals surface area contributed by atoms with E-state index in [-0.39, 0.29) is 17.9 Å². The zero-order chi connectivity index (χ0) is 18.2. The number of hydrogen-bond acceptors (Lipinski definition) is 4. The number of nitrogens with one attached hydrogen (secondary N) is 2. The number of benzene rings is 2. The fourth-order valence-corrected chi connectivity index (χ4v) is 4.74. The van der Waals surface area contributed by atoms with Crippen LogP contribution in [0.3, 0.4) is 0 Å². The highest BCUT2D eigenvalue weighted by molar-refractivity contribution is 5.80. The van der Waals surface area contributed by atoms with E-state index in [1.165, 1.54) is 5.56 Å². The minimum Gasteiger partial charge on any atom is -0.492 e. The van der Waals surface area contributed by atoms with Gasteiger partial charge in [0.15, 0.2) is 0 Å². The van der Waals surface area contributed by atoms with Crippen molar-refractivity contribution in [2.24, 2.45) is 11.8 Å². The molecule has 4 atom stereocenters. The van der Waals surface area contributed by atoms with Crippen molar-refractivity contribution < 1.29 is 9.53 Å². The highest BCUT2D eigenvalue weighted by Crippen LogP contribution is 2.35. The summed E-state index contributed by atoms with van der Waals surface area (Å²) in [6, 6.07) is 19.2. The van der Waals surface area contributed by atoms with Gasteiger partial charge in [0.05, 0.1) is 12.0 Å². The molecule has 3 aliphatic heterocycles. The number of carbonyl (C=O) groups is 1. The van der Waals surface area contributed by atoms with Gasteiger partial charge in [-0.1, -0.05) is 48.5 Å². The molecule has 2 N–H and O–H groups in total. The van der Waals surface area contributed by atoms with Crippen LogP contribution in [0.5, 0.6) is 5.75 Å². The lowest BCUT2D eigenvalue weighted by Crippen LogP contribution is -2.50. The van der Waals surface area contributed by atoms with Gasteiger partial charge in [-0.2, -0.15) is 0 Å². The summed E-state index contributed by atoms with van der Waals surface area (Å²) in [5.41, 5.74) is 9.32. The van der Waals surface area contributed by atoms with E-state index >= 15 is 0 Å².